The van der Waals surface area contributed by atoms with Crippen molar-refractivity contribution in [3.05, 3.63) is 78.1 Å². The number of hydrogen-bond acceptors (Lipinski definition) is 2. The maximum atomic E-state index is 9.76. The van der Waals surface area contributed by atoms with Gasteiger partial charge in [0.15, 0.2) is 0 Å². The van der Waals surface area contributed by atoms with Crippen molar-refractivity contribution in [1.29, 1.82) is 0 Å². The Morgan fingerprint density at radius 3 is 2.38 bits per heavy atom. The van der Waals surface area contributed by atoms with Gasteiger partial charge in [-0.25, -0.2) is 0 Å². The number of hydrogen-bond donors (Lipinski definition) is 1. The zero-order valence-corrected chi connectivity index (χ0v) is 11.8. The summed E-state index contributed by atoms with van der Waals surface area (Å²) < 4.78 is 2.13. The molecular weight excluding hydrogens is 260 g/mol. The zero-order valence-electron chi connectivity index (χ0n) is 11.8. The van der Waals surface area contributed by atoms with E-state index in [-0.39, 0.29) is 5.75 Å². The summed E-state index contributed by atoms with van der Waals surface area (Å²) in [6.07, 6.45) is 1.77. The van der Waals surface area contributed by atoms with Crippen molar-refractivity contribution in [3.8, 4) is 11.4 Å². The lowest BCUT2D eigenvalue weighted by Gasteiger charge is -2.09. The average Bonchev–Trinajstić information content (AvgIpc) is 2.88. The predicted octanol–water partition coefficient (Wildman–Crippen LogP) is 4.24. The third-order valence-corrected chi connectivity index (χ3v) is 3.34. The Morgan fingerprint density at radius 2 is 1.62 bits per heavy atom. The lowest BCUT2D eigenvalue weighted by molar-refractivity contribution is 0.477. The molecule has 0 unspecified atom stereocenters. The zero-order chi connectivity index (χ0) is 14.7. The molecule has 0 amide bonds. The van der Waals surface area contributed by atoms with E-state index in [1.165, 1.54) is 0 Å². The molecule has 3 nitrogen and oxygen atoms in total. The summed E-state index contributed by atoms with van der Waals surface area (Å²) in [5.41, 5.74) is 3.77. The van der Waals surface area contributed by atoms with Crippen LogP contribution in [0.4, 0.5) is 5.69 Å². The van der Waals surface area contributed by atoms with Gasteiger partial charge in [-0.05, 0) is 43.3 Å². The molecule has 0 aliphatic rings. The van der Waals surface area contributed by atoms with Crippen molar-refractivity contribution < 1.29 is 5.11 Å². The number of nitrogens with zero attached hydrogens (tertiary/aromatic N) is 2. The Balaban J connectivity index is 2.00. The SMILES string of the molecule is Cc1ccc(C=Nc2ccccc2O)n1-c1ccccc1. The molecule has 0 spiro atoms. The molecule has 0 radical (unpaired) electrons. The van der Waals surface area contributed by atoms with Crippen molar-refractivity contribution in [2.75, 3.05) is 0 Å². The van der Waals surface area contributed by atoms with Crippen LogP contribution in [0.2, 0.25) is 0 Å². The molecule has 0 saturated carbocycles. The highest BCUT2D eigenvalue weighted by Gasteiger charge is 2.05. The summed E-state index contributed by atoms with van der Waals surface area (Å²) in [5.74, 6) is 0.184. The summed E-state index contributed by atoms with van der Waals surface area (Å²) in [5, 5.41) is 9.76. The van der Waals surface area contributed by atoms with E-state index in [0.717, 1.165) is 17.1 Å². The van der Waals surface area contributed by atoms with E-state index in [0.29, 0.717) is 5.69 Å². The molecule has 3 aromatic rings. The first-order valence-corrected chi connectivity index (χ1v) is 6.81. The Bertz CT molecular complexity index is 773. The molecule has 0 aliphatic heterocycles. The Kier molecular flexibility index (Phi) is 3.56. The van der Waals surface area contributed by atoms with Gasteiger partial charge in [-0.15, -0.1) is 0 Å². The number of aryl methyl sites for hydroxylation is 1. The monoisotopic (exact) mass is 276 g/mol. The van der Waals surface area contributed by atoms with Crippen LogP contribution in [-0.4, -0.2) is 15.9 Å². The van der Waals surface area contributed by atoms with Crippen LogP contribution in [-0.2, 0) is 0 Å². The summed E-state index contributed by atoms with van der Waals surface area (Å²) in [4.78, 5) is 4.38. The van der Waals surface area contributed by atoms with E-state index in [9.17, 15) is 5.11 Å². The van der Waals surface area contributed by atoms with Gasteiger partial charge >= 0.3 is 0 Å². The van der Waals surface area contributed by atoms with E-state index in [2.05, 4.69) is 34.7 Å². The summed E-state index contributed by atoms with van der Waals surface area (Å²) in [6.45, 7) is 2.06. The second-order valence-electron chi connectivity index (χ2n) is 4.82. The number of phenolic OH excluding ortho intramolecular Hbond substituents is 1. The molecule has 3 heteroatoms. The first kappa shape index (κ1) is 13.2. The largest absolute Gasteiger partial charge is 0.506 e. The summed E-state index contributed by atoms with van der Waals surface area (Å²) in [6, 6.07) is 21.3. The standard InChI is InChI=1S/C18H16N2O/c1-14-11-12-16(20(14)15-7-3-2-4-8-15)13-19-17-9-5-6-10-18(17)21/h2-13,21H,1H3. The van der Waals surface area contributed by atoms with Gasteiger partial charge in [0.25, 0.3) is 0 Å². The molecule has 0 fully saturated rings. The van der Waals surface area contributed by atoms with Gasteiger partial charge in [0, 0.05) is 11.4 Å². The highest BCUT2D eigenvalue weighted by Crippen LogP contribution is 2.25. The fraction of sp³-hybridized carbons (Fsp3) is 0.0556. The third kappa shape index (κ3) is 2.72. The molecule has 2 aromatic carbocycles. The minimum atomic E-state index is 0.184. The second kappa shape index (κ2) is 5.67. The van der Waals surface area contributed by atoms with E-state index >= 15 is 0 Å². The Labute approximate surface area is 123 Å². The number of benzene rings is 2. The van der Waals surface area contributed by atoms with Crippen LogP contribution >= 0.6 is 0 Å². The van der Waals surface area contributed by atoms with Gasteiger partial charge in [-0.3, -0.25) is 4.99 Å². The van der Waals surface area contributed by atoms with Crippen molar-refractivity contribution in [2.24, 2.45) is 4.99 Å². The molecule has 3 rings (SSSR count). The van der Waals surface area contributed by atoms with Crippen molar-refractivity contribution in [1.82, 2.24) is 4.57 Å². The summed E-state index contributed by atoms with van der Waals surface area (Å²) in [7, 11) is 0. The molecule has 0 saturated heterocycles. The van der Waals surface area contributed by atoms with E-state index in [1.54, 1.807) is 24.4 Å². The Hall–Kier alpha value is -2.81. The van der Waals surface area contributed by atoms with Crippen LogP contribution in [0.3, 0.4) is 0 Å². The maximum absolute atomic E-state index is 9.76. The van der Waals surface area contributed by atoms with Gasteiger partial charge < -0.3 is 9.67 Å². The molecule has 0 bridgehead atoms. The van der Waals surface area contributed by atoms with E-state index in [1.807, 2.05) is 30.3 Å². The van der Waals surface area contributed by atoms with Crippen molar-refractivity contribution >= 4 is 11.9 Å². The predicted molar refractivity (Wildman–Crippen MR) is 85.9 cm³/mol. The molecule has 1 aromatic heterocycles. The van der Waals surface area contributed by atoms with Crippen LogP contribution in [0, 0.1) is 6.92 Å². The second-order valence-corrected chi connectivity index (χ2v) is 4.82. The lowest BCUT2D eigenvalue weighted by atomic mass is 10.3. The number of phenols is 1. The average molecular weight is 276 g/mol. The van der Waals surface area contributed by atoms with Crippen molar-refractivity contribution in [3.63, 3.8) is 0 Å². The molecule has 21 heavy (non-hydrogen) atoms. The van der Waals surface area contributed by atoms with Crippen molar-refractivity contribution in [2.45, 2.75) is 6.92 Å². The first-order chi connectivity index (χ1) is 10.3. The van der Waals surface area contributed by atoms with E-state index in [4.69, 9.17) is 0 Å². The highest BCUT2D eigenvalue weighted by atomic mass is 16.3. The molecule has 0 atom stereocenters. The summed E-state index contributed by atoms with van der Waals surface area (Å²) >= 11 is 0. The Morgan fingerprint density at radius 1 is 0.905 bits per heavy atom. The molecule has 0 aliphatic carbocycles. The lowest BCUT2D eigenvalue weighted by Crippen LogP contribution is -2.00. The molecule has 104 valence electrons. The smallest absolute Gasteiger partial charge is 0.141 e. The van der Waals surface area contributed by atoms with Crippen LogP contribution in [0.15, 0.2) is 71.7 Å². The fourth-order valence-electron chi connectivity index (χ4n) is 2.30. The minimum Gasteiger partial charge on any atom is -0.506 e. The normalized spacial score (nSPS) is 11.1. The van der Waals surface area contributed by atoms with Gasteiger partial charge in [-0.2, -0.15) is 0 Å². The van der Waals surface area contributed by atoms with Crippen LogP contribution in [0.5, 0.6) is 5.75 Å². The number of aromatic hydroxyl groups is 1. The number of aromatic nitrogens is 1. The number of para-hydroxylation sites is 3. The quantitative estimate of drug-likeness (QED) is 0.714. The van der Waals surface area contributed by atoms with Gasteiger partial charge in [0.2, 0.25) is 0 Å². The third-order valence-electron chi connectivity index (χ3n) is 3.34. The maximum Gasteiger partial charge on any atom is 0.141 e. The van der Waals surface area contributed by atoms with Gasteiger partial charge in [-0.1, -0.05) is 30.3 Å². The highest BCUT2D eigenvalue weighted by molar-refractivity contribution is 5.82. The fourth-order valence-corrected chi connectivity index (χ4v) is 2.30. The minimum absolute atomic E-state index is 0.184. The first-order valence-electron chi connectivity index (χ1n) is 6.81. The van der Waals surface area contributed by atoms with Gasteiger partial charge in [0.1, 0.15) is 11.4 Å². The van der Waals surface area contributed by atoms with Crippen LogP contribution < -0.4 is 0 Å². The number of aliphatic imine (C=N–C) groups is 1. The molecule has 1 heterocycles. The van der Waals surface area contributed by atoms with Crippen LogP contribution in [0.1, 0.15) is 11.4 Å². The van der Waals surface area contributed by atoms with Gasteiger partial charge in [0.05, 0.1) is 11.9 Å². The van der Waals surface area contributed by atoms with Crippen LogP contribution in [0.25, 0.3) is 5.69 Å². The molecular formula is C18H16N2O. The van der Waals surface area contributed by atoms with E-state index < -0.39 is 0 Å². The molecule has 1 N–H and O–H groups in total. The number of rotatable bonds is 3. The topological polar surface area (TPSA) is 37.5 Å².